The first-order valence-electron chi connectivity index (χ1n) is 6.52. The molecule has 1 aliphatic rings. The van der Waals surface area contributed by atoms with Gasteiger partial charge in [0.05, 0.1) is 19.4 Å². The fraction of sp³-hybridized carbons (Fsp3) is 0.692. The third-order valence-corrected chi connectivity index (χ3v) is 3.56. The Hall–Kier alpha value is -1.36. The van der Waals surface area contributed by atoms with Gasteiger partial charge in [0.15, 0.2) is 0 Å². The quantitative estimate of drug-likeness (QED) is 0.796. The number of imidazole rings is 1. The van der Waals surface area contributed by atoms with Crippen LogP contribution in [0.3, 0.4) is 0 Å². The molecule has 0 amide bonds. The first-order valence-corrected chi connectivity index (χ1v) is 6.52. The standard InChI is InChI=1S/C13H21N3O2/c1-3-18-12(17)4-7-16-10-15-8-11(16)13(2)5-6-14-9-13/h8,10,14H,3-7,9H2,1-2H3. The van der Waals surface area contributed by atoms with Crippen molar-refractivity contribution in [2.24, 2.45) is 0 Å². The van der Waals surface area contributed by atoms with Crippen molar-refractivity contribution in [1.29, 1.82) is 0 Å². The highest BCUT2D eigenvalue weighted by Crippen LogP contribution is 2.29. The van der Waals surface area contributed by atoms with Gasteiger partial charge < -0.3 is 14.6 Å². The van der Waals surface area contributed by atoms with Gasteiger partial charge in [-0.25, -0.2) is 4.98 Å². The average Bonchev–Trinajstić information content (AvgIpc) is 2.96. The summed E-state index contributed by atoms with van der Waals surface area (Å²) in [7, 11) is 0. The number of aromatic nitrogens is 2. The van der Waals surface area contributed by atoms with Gasteiger partial charge in [-0.1, -0.05) is 6.92 Å². The van der Waals surface area contributed by atoms with E-state index in [9.17, 15) is 4.79 Å². The second-order valence-corrected chi connectivity index (χ2v) is 5.01. The van der Waals surface area contributed by atoms with E-state index in [0.717, 1.165) is 19.5 Å². The lowest BCUT2D eigenvalue weighted by Crippen LogP contribution is -2.28. The zero-order valence-electron chi connectivity index (χ0n) is 11.1. The zero-order chi connectivity index (χ0) is 13.0. The van der Waals surface area contributed by atoms with Crippen molar-refractivity contribution < 1.29 is 9.53 Å². The van der Waals surface area contributed by atoms with Crippen molar-refractivity contribution >= 4 is 5.97 Å². The van der Waals surface area contributed by atoms with Gasteiger partial charge >= 0.3 is 5.97 Å². The minimum atomic E-state index is -0.146. The molecule has 0 aliphatic carbocycles. The van der Waals surface area contributed by atoms with Gasteiger partial charge in [0.1, 0.15) is 0 Å². The van der Waals surface area contributed by atoms with Crippen LogP contribution in [0.5, 0.6) is 0 Å². The minimum Gasteiger partial charge on any atom is -0.466 e. The molecule has 1 aromatic rings. The Bertz CT molecular complexity index is 408. The molecule has 0 saturated carbocycles. The van der Waals surface area contributed by atoms with Crippen molar-refractivity contribution in [1.82, 2.24) is 14.9 Å². The molecular weight excluding hydrogens is 230 g/mol. The predicted molar refractivity (Wildman–Crippen MR) is 68.3 cm³/mol. The number of rotatable bonds is 5. The number of ether oxygens (including phenoxy) is 1. The number of carbonyl (C=O) groups is 1. The topological polar surface area (TPSA) is 56.2 Å². The maximum absolute atomic E-state index is 11.4. The number of aryl methyl sites for hydroxylation is 1. The van der Waals surface area contributed by atoms with Gasteiger partial charge in [-0.2, -0.15) is 0 Å². The van der Waals surface area contributed by atoms with Crippen LogP contribution in [-0.2, 0) is 21.5 Å². The van der Waals surface area contributed by atoms with Crippen molar-refractivity contribution in [2.45, 2.75) is 38.6 Å². The lowest BCUT2D eigenvalue weighted by Gasteiger charge is -2.24. The van der Waals surface area contributed by atoms with Gasteiger partial charge in [-0.05, 0) is 19.9 Å². The van der Waals surface area contributed by atoms with Crippen LogP contribution >= 0.6 is 0 Å². The Morgan fingerprint density at radius 1 is 1.67 bits per heavy atom. The summed E-state index contributed by atoms with van der Waals surface area (Å²) in [6, 6.07) is 0. The fourth-order valence-electron chi connectivity index (χ4n) is 2.48. The summed E-state index contributed by atoms with van der Waals surface area (Å²) >= 11 is 0. The van der Waals surface area contributed by atoms with Crippen molar-refractivity contribution in [3.63, 3.8) is 0 Å². The van der Waals surface area contributed by atoms with Crippen molar-refractivity contribution in [2.75, 3.05) is 19.7 Å². The van der Waals surface area contributed by atoms with E-state index >= 15 is 0 Å². The maximum atomic E-state index is 11.4. The van der Waals surface area contributed by atoms with E-state index in [0.29, 0.717) is 19.6 Å². The fourth-order valence-corrected chi connectivity index (χ4v) is 2.48. The van der Waals surface area contributed by atoms with Crippen LogP contribution in [0.2, 0.25) is 0 Å². The normalized spacial score (nSPS) is 23.2. The Balaban J connectivity index is 2.01. The van der Waals surface area contributed by atoms with E-state index in [1.807, 2.05) is 13.1 Å². The van der Waals surface area contributed by atoms with E-state index in [1.54, 1.807) is 6.33 Å². The molecular formula is C13H21N3O2. The molecule has 5 heteroatoms. The first-order chi connectivity index (χ1) is 8.65. The molecule has 2 rings (SSSR count). The molecule has 18 heavy (non-hydrogen) atoms. The van der Waals surface area contributed by atoms with Crippen LogP contribution in [0, 0.1) is 0 Å². The smallest absolute Gasteiger partial charge is 0.307 e. The molecule has 1 unspecified atom stereocenters. The van der Waals surface area contributed by atoms with E-state index in [4.69, 9.17) is 4.74 Å². The molecule has 0 spiro atoms. The van der Waals surface area contributed by atoms with E-state index in [-0.39, 0.29) is 11.4 Å². The average molecular weight is 251 g/mol. The molecule has 1 aliphatic heterocycles. The molecule has 5 nitrogen and oxygen atoms in total. The van der Waals surface area contributed by atoms with Crippen LogP contribution in [-0.4, -0.2) is 35.2 Å². The third-order valence-electron chi connectivity index (χ3n) is 3.56. The predicted octanol–water partition coefficient (Wildman–Crippen LogP) is 1.09. The number of esters is 1. The molecule has 1 aromatic heterocycles. The van der Waals surface area contributed by atoms with Crippen LogP contribution in [0.1, 0.15) is 32.4 Å². The van der Waals surface area contributed by atoms with Gasteiger partial charge in [-0.3, -0.25) is 4.79 Å². The van der Waals surface area contributed by atoms with E-state index < -0.39 is 0 Å². The zero-order valence-corrected chi connectivity index (χ0v) is 11.1. The SMILES string of the molecule is CCOC(=O)CCn1cncc1C1(C)CCNC1. The lowest BCUT2D eigenvalue weighted by atomic mass is 9.86. The molecule has 1 saturated heterocycles. The van der Waals surface area contributed by atoms with Crippen molar-refractivity contribution in [3.05, 3.63) is 18.2 Å². The highest BCUT2D eigenvalue weighted by Gasteiger charge is 2.33. The number of nitrogens with zero attached hydrogens (tertiary/aromatic N) is 2. The van der Waals surface area contributed by atoms with Crippen LogP contribution in [0.25, 0.3) is 0 Å². The molecule has 0 bridgehead atoms. The van der Waals surface area contributed by atoms with Crippen molar-refractivity contribution in [3.8, 4) is 0 Å². The van der Waals surface area contributed by atoms with E-state index in [1.165, 1.54) is 5.69 Å². The maximum Gasteiger partial charge on any atom is 0.307 e. The number of carbonyl (C=O) groups excluding carboxylic acids is 1. The number of nitrogens with one attached hydrogen (secondary N) is 1. The molecule has 1 atom stereocenters. The summed E-state index contributed by atoms with van der Waals surface area (Å²) in [6.07, 6.45) is 5.23. The first kappa shape index (κ1) is 13.1. The van der Waals surface area contributed by atoms with E-state index in [2.05, 4.69) is 21.8 Å². The molecule has 2 heterocycles. The van der Waals surface area contributed by atoms with Gasteiger partial charge in [-0.15, -0.1) is 0 Å². The highest BCUT2D eigenvalue weighted by molar-refractivity contribution is 5.69. The Morgan fingerprint density at radius 2 is 2.50 bits per heavy atom. The summed E-state index contributed by atoms with van der Waals surface area (Å²) in [5.41, 5.74) is 1.34. The third kappa shape index (κ3) is 2.72. The van der Waals surface area contributed by atoms with Gasteiger partial charge in [0, 0.05) is 30.4 Å². The summed E-state index contributed by atoms with van der Waals surface area (Å²) < 4.78 is 7.02. The molecule has 100 valence electrons. The van der Waals surface area contributed by atoms with Gasteiger partial charge in [0.25, 0.3) is 0 Å². The monoisotopic (exact) mass is 251 g/mol. The number of hydrogen-bond donors (Lipinski definition) is 1. The van der Waals surface area contributed by atoms with Crippen LogP contribution < -0.4 is 5.32 Å². The van der Waals surface area contributed by atoms with Crippen LogP contribution in [0.15, 0.2) is 12.5 Å². The summed E-state index contributed by atoms with van der Waals surface area (Å²) in [6.45, 7) is 7.16. The highest BCUT2D eigenvalue weighted by atomic mass is 16.5. The largest absolute Gasteiger partial charge is 0.466 e. The molecule has 0 aromatic carbocycles. The summed E-state index contributed by atoms with van der Waals surface area (Å²) in [5, 5.41) is 3.38. The number of hydrogen-bond acceptors (Lipinski definition) is 4. The van der Waals surface area contributed by atoms with Crippen LogP contribution in [0.4, 0.5) is 0 Å². The second kappa shape index (κ2) is 5.52. The molecule has 0 radical (unpaired) electrons. The molecule has 1 N–H and O–H groups in total. The Morgan fingerprint density at radius 3 is 3.17 bits per heavy atom. The minimum absolute atomic E-state index is 0.130. The summed E-state index contributed by atoms with van der Waals surface area (Å²) in [4.78, 5) is 15.6. The molecule has 1 fully saturated rings. The Labute approximate surface area is 108 Å². The lowest BCUT2D eigenvalue weighted by molar-refractivity contribution is -0.143. The van der Waals surface area contributed by atoms with Gasteiger partial charge in [0.2, 0.25) is 0 Å². The summed E-state index contributed by atoms with van der Waals surface area (Å²) in [5.74, 6) is -0.146. The second-order valence-electron chi connectivity index (χ2n) is 5.01. The Kier molecular flexibility index (Phi) is 4.01.